The van der Waals surface area contributed by atoms with Gasteiger partial charge in [-0.25, -0.2) is 53.1 Å². The molecule has 0 aliphatic heterocycles. The number of nitrogens with one attached hydrogen (secondary N) is 1. The molecule has 5 N–H and O–H groups in total. The molecule has 0 unspecified atom stereocenters. The number of sulfonamides is 1. The van der Waals surface area contributed by atoms with E-state index < -0.39 is 87.8 Å². The normalized spacial score (nSPS) is 11.7. The van der Waals surface area contributed by atoms with Crippen molar-refractivity contribution < 1.29 is 69.5 Å². The molecule has 2 aromatic heterocycles. The van der Waals surface area contributed by atoms with Crippen molar-refractivity contribution >= 4 is 68.9 Å². The maximum Gasteiger partial charge on any atom is 0.450 e. The number of fused-ring (bicyclic) bond motifs is 2. The maximum atomic E-state index is 13.8. The quantitative estimate of drug-likeness (QED) is 0.0840. The minimum atomic E-state index is -4.73. The van der Waals surface area contributed by atoms with E-state index in [1.54, 1.807) is 60.7 Å². The second-order valence-corrected chi connectivity index (χ2v) is 18.6. The third-order valence-corrected chi connectivity index (χ3v) is 12.3. The fraction of sp³-hybridized carbons (Fsp3) is 0.0435. The van der Waals surface area contributed by atoms with Gasteiger partial charge in [0.25, 0.3) is 19.1 Å². The number of benzene rings is 7. The van der Waals surface area contributed by atoms with Crippen LogP contribution in [-0.2, 0) is 31.4 Å². The number of imidazole rings is 2. The maximum absolute atomic E-state index is 13.8. The number of para-hydroxylation sites is 4. The van der Waals surface area contributed by atoms with Gasteiger partial charge in [0.15, 0.2) is 34.9 Å². The van der Waals surface area contributed by atoms with Gasteiger partial charge in [-0.1, -0.05) is 42.5 Å². The summed E-state index contributed by atoms with van der Waals surface area (Å²) in [6, 6.07) is 32.8. The summed E-state index contributed by atoms with van der Waals surface area (Å²) in [6.07, 6.45) is -9.26. The van der Waals surface area contributed by atoms with Crippen molar-refractivity contribution in [2.45, 2.75) is 22.1 Å². The molecule has 376 valence electrons. The molecule has 0 amide bonds. The SMILES string of the molecule is Nc1ccc(-n2c(C(F)(F)F)nc3ccccc32)cc1.Nc1cccc(F)c1F.O=S(=O)(Cl)c1cccc(F)c1F.O=S(=O)(Nc1ccc(-n2c(C(F)(F)F)nc3ccccc32)cc1)c1cccc(F)c1F. The molecular weight excluding hydrogens is 1040 g/mol. The number of nitrogen functional groups attached to an aromatic ring is 2. The summed E-state index contributed by atoms with van der Waals surface area (Å²) in [4.78, 5) is 5.60. The lowest BCUT2D eigenvalue weighted by molar-refractivity contribution is -0.146. The first-order valence-electron chi connectivity index (χ1n) is 19.8. The smallest absolute Gasteiger partial charge is 0.399 e. The molecule has 9 aromatic rings. The van der Waals surface area contributed by atoms with Gasteiger partial charge in [-0.15, -0.1) is 0 Å². The fourth-order valence-corrected chi connectivity index (χ4v) is 8.41. The molecule has 72 heavy (non-hydrogen) atoms. The summed E-state index contributed by atoms with van der Waals surface area (Å²) in [5, 5.41) is 0. The van der Waals surface area contributed by atoms with Crippen LogP contribution in [0.1, 0.15) is 11.6 Å². The van der Waals surface area contributed by atoms with E-state index in [4.69, 9.17) is 22.1 Å². The van der Waals surface area contributed by atoms with Crippen molar-refractivity contribution in [3.63, 3.8) is 0 Å². The Morgan fingerprint density at radius 1 is 0.472 bits per heavy atom. The Morgan fingerprint density at radius 2 is 0.861 bits per heavy atom. The molecule has 0 fully saturated rings. The second kappa shape index (κ2) is 21.3. The van der Waals surface area contributed by atoms with E-state index in [0.717, 1.165) is 51.6 Å². The van der Waals surface area contributed by atoms with E-state index in [2.05, 4.69) is 14.7 Å². The largest absolute Gasteiger partial charge is 0.450 e. The van der Waals surface area contributed by atoms with Crippen LogP contribution in [0.15, 0.2) is 161 Å². The van der Waals surface area contributed by atoms with Crippen LogP contribution in [0.2, 0.25) is 0 Å². The molecule has 0 aliphatic carbocycles. The first kappa shape index (κ1) is 53.6. The molecule has 7 aromatic carbocycles. The van der Waals surface area contributed by atoms with Gasteiger partial charge in [-0.05, 0) is 109 Å². The van der Waals surface area contributed by atoms with Crippen molar-refractivity contribution in [3.8, 4) is 11.4 Å². The van der Waals surface area contributed by atoms with Crippen LogP contribution in [-0.4, -0.2) is 35.9 Å². The average Bonchev–Trinajstić information content (AvgIpc) is 3.92. The fourth-order valence-electron chi connectivity index (χ4n) is 6.35. The molecule has 0 saturated heterocycles. The number of hydrogen-bond acceptors (Lipinski definition) is 8. The molecule has 2 heterocycles. The highest BCUT2D eigenvalue weighted by molar-refractivity contribution is 8.13. The van der Waals surface area contributed by atoms with Crippen molar-refractivity contribution in [2.75, 3.05) is 16.2 Å². The molecule has 0 spiro atoms. The molecule has 0 bridgehead atoms. The molecule has 0 aliphatic rings. The molecule has 0 radical (unpaired) electrons. The zero-order valence-electron chi connectivity index (χ0n) is 35.7. The number of nitrogens with zero attached hydrogens (tertiary/aromatic N) is 4. The van der Waals surface area contributed by atoms with Gasteiger partial charge in [0, 0.05) is 33.4 Å². The summed E-state index contributed by atoms with van der Waals surface area (Å²) in [5.74, 6) is -9.51. The van der Waals surface area contributed by atoms with E-state index >= 15 is 0 Å². The third kappa shape index (κ3) is 12.4. The van der Waals surface area contributed by atoms with E-state index in [9.17, 15) is 69.5 Å². The lowest BCUT2D eigenvalue weighted by Gasteiger charge is -2.13. The Kier molecular flexibility index (Phi) is 15.8. The van der Waals surface area contributed by atoms with Crippen molar-refractivity contribution in [1.29, 1.82) is 0 Å². The first-order valence-corrected chi connectivity index (χ1v) is 23.6. The Morgan fingerprint density at radius 3 is 1.26 bits per heavy atom. The monoisotopic (exact) mass is 1070 g/mol. The van der Waals surface area contributed by atoms with Crippen LogP contribution in [0.4, 0.5) is 69.7 Å². The van der Waals surface area contributed by atoms with E-state index in [-0.39, 0.29) is 28.1 Å². The van der Waals surface area contributed by atoms with Gasteiger partial charge < -0.3 is 11.5 Å². The van der Waals surface area contributed by atoms with Gasteiger partial charge >= 0.3 is 12.4 Å². The molecule has 11 nitrogen and oxygen atoms in total. The number of hydrogen-bond donors (Lipinski definition) is 3. The van der Waals surface area contributed by atoms with E-state index in [1.165, 1.54) is 48.5 Å². The van der Waals surface area contributed by atoms with Crippen molar-refractivity contribution in [1.82, 2.24) is 19.1 Å². The second-order valence-electron chi connectivity index (χ2n) is 14.4. The van der Waals surface area contributed by atoms with Crippen LogP contribution in [0.3, 0.4) is 0 Å². The van der Waals surface area contributed by atoms with E-state index in [1.807, 2.05) is 0 Å². The average molecular weight is 1070 g/mol. The highest BCUT2D eigenvalue weighted by Gasteiger charge is 2.39. The molecule has 0 saturated carbocycles. The molecule has 26 heteroatoms. The van der Waals surface area contributed by atoms with Crippen LogP contribution in [0.5, 0.6) is 0 Å². The lowest BCUT2D eigenvalue weighted by Crippen LogP contribution is -2.16. The topological polar surface area (TPSA) is 168 Å². The number of anilines is 3. The van der Waals surface area contributed by atoms with Gasteiger partial charge in [0.05, 0.1) is 27.8 Å². The summed E-state index contributed by atoms with van der Waals surface area (Å²) >= 11 is 0. The Hall–Kier alpha value is -7.77. The standard InChI is InChI=1S/C20H12F5N3O2S.C14H10F3N3.C6H3ClF2O2S.C6H5F2N/c21-14-4-3-7-17(18(14)22)31(29,30)27-12-8-10-13(11-9-12)28-16-6-2-1-5-15(16)26-19(28)20(23,24)25;15-14(16,17)13-19-11-3-1-2-4-12(11)20(13)10-7-5-9(18)6-8-10;7-12(10,11)5-3-1-2-4(8)6(5)9;7-4-2-1-3-5(9)6(4)8/h1-11,27H;1-8H,18H2;1-3H;1-3H,9H2. The number of rotatable bonds is 6. The summed E-state index contributed by atoms with van der Waals surface area (Å²) in [7, 11) is -3.86. The minimum absolute atomic E-state index is 0.0506. The van der Waals surface area contributed by atoms with E-state index in [0.29, 0.717) is 22.4 Å². The van der Waals surface area contributed by atoms with Crippen molar-refractivity contribution in [2.24, 2.45) is 0 Å². The number of aromatic nitrogens is 4. The van der Waals surface area contributed by atoms with Crippen LogP contribution < -0.4 is 16.2 Å². The molecule has 9 rings (SSSR count). The van der Waals surface area contributed by atoms with Gasteiger partial charge in [0.2, 0.25) is 11.6 Å². The Bertz CT molecular complexity index is 3610. The van der Waals surface area contributed by atoms with Crippen LogP contribution >= 0.6 is 10.7 Å². The zero-order valence-corrected chi connectivity index (χ0v) is 38.1. The zero-order chi connectivity index (χ0) is 52.9. The van der Waals surface area contributed by atoms with Gasteiger partial charge in [0.1, 0.15) is 9.79 Å². The number of halogens is 13. The predicted molar refractivity (Wildman–Crippen MR) is 244 cm³/mol. The highest BCUT2D eigenvalue weighted by atomic mass is 35.7. The summed E-state index contributed by atoms with van der Waals surface area (Å²) < 4.78 is 206. The number of nitrogens with two attached hydrogens (primary N) is 2. The highest BCUT2D eigenvalue weighted by Crippen LogP contribution is 2.36. The predicted octanol–water partition coefficient (Wildman–Crippen LogP) is 12.2. The molecule has 0 atom stereocenters. The first-order chi connectivity index (χ1) is 33.7. The lowest BCUT2D eigenvalue weighted by atomic mass is 10.2. The molecular formula is C46H30ClF12N7O4S2. The van der Waals surface area contributed by atoms with Crippen molar-refractivity contribution in [3.05, 3.63) is 198 Å². The Labute approximate surface area is 404 Å². The van der Waals surface area contributed by atoms with Crippen LogP contribution in [0.25, 0.3) is 33.4 Å². The Balaban J connectivity index is 0.000000175. The van der Waals surface area contributed by atoms with Gasteiger partial charge in [-0.2, -0.15) is 26.3 Å². The summed E-state index contributed by atoms with van der Waals surface area (Å²) in [6.45, 7) is 0. The third-order valence-electron chi connectivity index (χ3n) is 9.52. The number of alkyl halides is 6. The van der Waals surface area contributed by atoms with Crippen LogP contribution in [0, 0.1) is 34.9 Å². The minimum Gasteiger partial charge on any atom is -0.399 e. The summed E-state index contributed by atoms with van der Waals surface area (Å²) in [5.41, 5.74) is 12.4. The van der Waals surface area contributed by atoms with Gasteiger partial charge in [-0.3, -0.25) is 13.9 Å².